The number of carbonyl (C=O) groups is 1. The molecule has 5 nitrogen and oxygen atoms in total. The third-order valence-electron chi connectivity index (χ3n) is 5.82. The molecule has 1 unspecified atom stereocenters. The van der Waals surface area contributed by atoms with E-state index in [4.69, 9.17) is 9.47 Å². The van der Waals surface area contributed by atoms with Crippen LogP contribution in [0.3, 0.4) is 0 Å². The van der Waals surface area contributed by atoms with Gasteiger partial charge in [0.2, 0.25) is 5.91 Å². The van der Waals surface area contributed by atoms with Gasteiger partial charge in [0.15, 0.2) is 0 Å². The third kappa shape index (κ3) is 2.41. The fraction of sp³-hybridized carbons (Fsp3) is 0.318. The number of nitrogens with one attached hydrogen (secondary N) is 1. The molecule has 0 aromatic heterocycles. The van der Waals surface area contributed by atoms with Crippen molar-refractivity contribution in [3.63, 3.8) is 0 Å². The molecule has 1 atom stereocenters. The van der Waals surface area contributed by atoms with E-state index in [1.165, 1.54) is 5.56 Å². The van der Waals surface area contributed by atoms with E-state index in [-0.39, 0.29) is 11.3 Å². The van der Waals surface area contributed by atoms with Crippen molar-refractivity contribution in [2.75, 3.05) is 25.7 Å². The van der Waals surface area contributed by atoms with Crippen LogP contribution in [0.2, 0.25) is 0 Å². The molecule has 1 amide bonds. The minimum Gasteiger partial charge on any atom is -0.497 e. The molecule has 4 rings (SSSR count). The number of anilines is 1. The number of nitrogens with zero attached hydrogens (tertiary/aromatic N) is 1. The van der Waals surface area contributed by atoms with Crippen molar-refractivity contribution in [3.05, 3.63) is 59.7 Å². The zero-order chi connectivity index (χ0) is 19.2. The first-order chi connectivity index (χ1) is 12.9. The molecule has 0 saturated carbocycles. The Morgan fingerprint density at radius 1 is 1.11 bits per heavy atom. The van der Waals surface area contributed by atoms with Crippen LogP contribution in [0.5, 0.6) is 11.5 Å². The lowest BCUT2D eigenvalue weighted by atomic mass is 9.75. The van der Waals surface area contributed by atoms with Crippen molar-refractivity contribution in [3.8, 4) is 11.5 Å². The molecule has 2 aliphatic rings. The second kappa shape index (κ2) is 6.05. The molecule has 0 bridgehead atoms. The van der Waals surface area contributed by atoms with E-state index >= 15 is 0 Å². The first-order valence-electron chi connectivity index (χ1n) is 9.02. The summed E-state index contributed by atoms with van der Waals surface area (Å²) in [6, 6.07) is 14.0. The molecule has 5 heteroatoms. The standard InChI is InChI=1S/C22H24N2O3/c1-21(2)17-7-5-6-8-18(17)24-14-20(25)23-22(21,24)12-11-15-13-16(26-3)9-10-19(15)27-4/h5-13H,14H2,1-4H3,(H,23,25)/b12-11+. The van der Waals surface area contributed by atoms with Crippen LogP contribution in [0.25, 0.3) is 6.08 Å². The first-order valence-corrected chi connectivity index (χ1v) is 9.02. The summed E-state index contributed by atoms with van der Waals surface area (Å²) in [5.74, 6) is 1.54. The average Bonchev–Trinajstić information content (AvgIpc) is 3.11. The van der Waals surface area contributed by atoms with Crippen LogP contribution >= 0.6 is 0 Å². The molecule has 0 radical (unpaired) electrons. The van der Waals surface area contributed by atoms with Gasteiger partial charge in [-0.2, -0.15) is 0 Å². The van der Waals surface area contributed by atoms with Crippen molar-refractivity contribution >= 4 is 17.7 Å². The number of hydrogen-bond acceptors (Lipinski definition) is 4. The van der Waals surface area contributed by atoms with E-state index in [2.05, 4.69) is 42.3 Å². The molecule has 1 saturated heterocycles. The van der Waals surface area contributed by atoms with Gasteiger partial charge in [0, 0.05) is 16.7 Å². The molecule has 2 aliphatic heterocycles. The zero-order valence-corrected chi connectivity index (χ0v) is 16.1. The van der Waals surface area contributed by atoms with E-state index in [1.807, 2.05) is 36.4 Å². The van der Waals surface area contributed by atoms with Crippen molar-refractivity contribution in [2.24, 2.45) is 0 Å². The van der Waals surface area contributed by atoms with Crippen LogP contribution in [0.15, 0.2) is 48.5 Å². The maximum atomic E-state index is 12.4. The summed E-state index contributed by atoms with van der Waals surface area (Å²) in [5, 5.41) is 3.23. The smallest absolute Gasteiger partial charge is 0.241 e. The molecule has 1 fully saturated rings. The Morgan fingerprint density at radius 2 is 1.89 bits per heavy atom. The molecular formula is C22H24N2O3. The van der Waals surface area contributed by atoms with Gasteiger partial charge < -0.3 is 19.7 Å². The number of carbonyl (C=O) groups excluding carboxylic acids is 1. The molecule has 0 aliphatic carbocycles. The van der Waals surface area contributed by atoms with Crippen LogP contribution < -0.4 is 19.7 Å². The average molecular weight is 364 g/mol. The molecule has 2 aromatic rings. The summed E-state index contributed by atoms with van der Waals surface area (Å²) in [7, 11) is 3.29. The van der Waals surface area contributed by atoms with E-state index < -0.39 is 5.66 Å². The van der Waals surface area contributed by atoms with Crippen molar-refractivity contribution in [1.29, 1.82) is 0 Å². The van der Waals surface area contributed by atoms with Crippen molar-refractivity contribution in [2.45, 2.75) is 24.9 Å². The van der Waals surface area contributed by atoms with Gasteiger partial charge in [-0.05, 0) is 35.9 Å². The number of amides is 1. The lowest BCUT2D eigenvalue weighted by Crippen LogP contribution is -2.58. The van der Waals surface area contributed by atoms with Gasteiger partial charge in [-0.15, -0.1) is 0 Å². The molecule has 2 aromatic carbocycles. The second-order valence-corrected chi connectivity index (χ2v) is 7.48. The Balaban J connectivity index is 1.83. The summed E-state index contributed by atoms with van der Waals surface area (Å²) in [5.41, 5.74) is 2.31. The lowest BCUT2D eigenvalue weighted by Gasteiger charge is -2.40. The summed E-state index contributed by atoms with van der Waals surface area (Å²) >= 11 is 0. The van der Waals surface area contributed by atoms with Crippen LogP contribution in [0.1, 0.15) is 25.0 Å². The van der Waals surface area contributed by atoms with E-state index in [0.29, 0.717) is 6.54 Å². The van der Waals surface area contributed by atoms with Gasteiger partial charge in [-0.1, -0.05) is 38.1 Å². The molecular weight excluding hydrogens is 340 g/mol. The fourth-order valence-corrected chi connectivity index (χ4v) is 4.32. The van der Waals surface area contributed by atoms with Crippen LogP contribution in [0, 0.1) is 0 Å². The highest BCUT2D eigenvalue weighted by molar-refractivity contribution is 5.91. The van der Waals surface area contributed by atoms with Crippen molar-refractivity contribution in [1.82, 2.24) is 5.32 Å². The number of methoxy groups -OCH3 is 2. The van der Waals surface area contributed by atoms with Crippen LogP contribution in [0.4, 0.5) is 5.69 Å². The summed E-state index contributed by atoms with van der Waals surface area (Å²) in [6.45, 7) is 4.69. The first kappa shape index (κ1) is 17.5. The molecule has 1 N–H and O–H groups in total. The molecule has 140 valence electrons. The summed E-state index contributed by atoms with van der Waals surface area (Å²) in [6.07, 6.45) is 4.09. The quantitative estimate of drug-likeness (QED) is 0.904. The van der Waals surface area contributed by atoms with Gasteiger partial charge in [0.05, 0.1) is 20.8 Å². The Kier molecular flexibility index (Phi) is 3.91. The predicted molar refractivity (Wildman–Crippen MR) is 106 cm³/mol. The van der Waals surface area contributed by atoms with E-state index in [0.717, 1.165) is 22.7 Å². The zero-order valence-electron chi connectivity index (χ0n) is 16.1. The number of hydrogen-bond donors (Lipinski definition) is 1. The van der Waals surface area contributed by atoms with Gasteiger partial charge in [0.25, 0.3) is 0 Å². The Morgan fingerprint density at radius 3 is 2.63 bits per heavy atom. The van der Waals surface area contributed by atoms with Gasteiger partial charge in [-0.25, -0.2) is 0 Å². The topological polar surface area (TPSA) is 50.8 Å². The van der Waals surface area contributed by atoms with Crippen LogP contribution in [-0.2, 0) is 10.2 Å². The minimum absolute atomic E-state index is 0.0276. The highest BCUT2D eigenvalue weighted by Crippen LogP contribution is 2.52. The highest BCUT2D eigenvalue weighted by Gasteiger charge is 2.59. The van der Waals surface area contributed by atoms with Crippen LogP contribution in [-0.4, -0.2) is 32.3 Å². The largest absolute Gasteiger partial charge is 0.497 e. The monoisotopic (exact) mass is 364 g/mol. The Hall–Kier alpha value is -2.95. The number of rotatable bonds is 4. The molecule has 2 heterocycles. The van der Waals surface area contributed by atoms with Gasteiger partial charge in [0.1, 0.15) is 17.2 Å². The second-order valence-electron chi connectivity index (χ2n) is 7.48. The highest BCUT2D eigenvalue weighted by atomic mass is 16.5. The van der Waals surface area contributed by atoms with E-state index in [9.17, 15) is 4.79 Å². The Bertz CT molecular complexity index is 935. The predicted octanol–water partition coefficient (Wildman–Crippen LogP) is 3.34. The SMILES string of the molecule is COc1ccc(OC)c(/C=C/C23NC(=O)CN2c2ccccc2C3(C)C)c1. The third-order valence-corrected chi connectivity index (χ3v) is 5.82. The molecule has 0 spiro atoms. The summed E-state index contributed by atoms with van der Waals surface area (Å²) < 4.78 is 10.8. The van der Waals surface area contributed by atoms with Gasteiger partial charge in [-0.3, -0.25) is 4.79 Å². The van der Waals surface area contributed by atoms with Gasteiger partial charge >= 0.3 is 0 Å². The lowest BCUT2D eigenvalue weighted by molar-refractivity contribution is -0.118. The number of benzene rings is 2. The fourth-order valence-electron chi connectivity index (χ4n) is 4.32. The Labute approximate surface area is 159 Å². The van der Waals surface area contributed by atoms with Crippen molar-refractivity contribution < 1.29 is 14.3 Å². The van der Waals surface area contributed by atoms with E-state index in [1.54, 1.807) is 14.2 Å². The number of para-hydroxylation sites is 1. The maximum absolute atomic E-state index is 12.4. The number of fused-ring (bicyclic) bond motifs is 3. The molecule has 27 heavy (non-hydrogen) atoms. The number of ether oxygens (including phenoxy) is 2. The maximum Gasteiger partial charge on any atom is 0.241 e. The minimum atomic E-state index is -0.623. The summed E-state index contributed by atoms with van der Waals surface area (Å²) in [4.78, 5) is 14.5. The normalized spacial score (nSPS) is 22.5.